The number of carbonyl (C=O) groups is 3. The number of aliphatic hydroxyl groups is 1. The van der Waals surface area contributed by atoms with Crippen LogP contribution in [-0.2, 0) is 28.3 Å². The molecule has 0 aromatic carbocycles. The average Bonchev–Trinajstić information content (AvgIpc) is 3.44. The Morgan fingerprint density at radius 1 is 1.14 bits per heavy atom. The quantitative estimate of drug-likeness (QED) is 0.517. The Morgan fingerprint density at radius 3 is 2.77 bits per heavy atom. The molecule has 11 heteroatoms. The number of hydrogen-bond acceptors (Lipinski definition) is 8. The molecule has 3 aliphatic rings. The maximum atomic E-state index is 12.9. The number of fused-ring (bicyclic) bond motifs is 2. The fourth-order valence-electron chi connectivity index (χ4n) is 5.25. The third-order valence-corrected chi connectivity index (χ3v) is 7.28. The molecule has 0 radical (unpaired) electrons. The van der Waals surface area contributed by atoms with Crippen LogP contribution in [0.4, 0.5) is 0 Å². The van der Waals surface area contributed by atoms with Gasteiger partial charge in [0.2, 0.25) is 11.8 Å². The van der Waals surface area contributed by atoms with Crippen LogP contribution in [0, 0.1) is 0 Å². The summed E-state index contributed by atoms with van der Waals surface area (Å²) in [5, 5.41) is 17.8. The van der Waals surface area contributed by atoms with Crippen LogP contribution in [0.2, 0.25) is 0 Å². The molecule has 0 saturated carbocycles. The topological polar surface area (TPSA) is 133 Å². The maximum Gasteiger partial charge on any atom is 0.256 e. The molecule has 2 fully saturated rings. The third-order valence-electron chi connectivity index (χ3n) is 7.28. The summed E-state index contributed by atoms with van der Waals surface area (Å²) >= 11 is 0. The zero-order chi connectivity index (χ0) is 24.2. The van der Waals surface area contributed by atoms with Crippen molar-refractivity contribution in [1.29, 1.82) is 0 Å². The first-order valence-electron chi connectivity index (χ1n) is 11.8. The second-order valence-corrected chi connectivity index (χ2v) is 9.50. The number of carbonyl (C=O) groups excluding carboxylic acids is 3. The fourth-order valence-corrected chi connectivity index (χ4v) is 5.25. The van der Waals surface area contributed by atoms with E-state index in [0.29, 0.717) is 49.3 Å². The number of piperidine rings is 2. The molecule has 2 N–H and O–H groups in total. The number of imide groups is 1. The molecule has 1 unspecified atom stereocenters. The molecule has 3 amide bonds. The van der Waals surface area contributed by atoms with Gasteiger partial charge >= 0.3 is 0 Å². The van der Waals surface area contributed by atoms with E-state index in [1.807, 2.05) is 18.3 Å². The zero-order valence-corrected chi connectivity index (χ0v) is 19.1. The van der Waals surface area contributed by atoms with Crippen molar-refractivity contribution in [1.82, 2.24) is 34.7 Å². The van der Waals surface area contributed by atoms with Crippen LogP contribution in [-0.4, -0.2) is 71.3 Å². The molecule has 3 aliphatic heterocycles. The molecule has 0 spiro atoms. The van der Waals surface area contributed by atoms with Gasteiger partial charge in [0.1, 0.15) is 18.0 Å². The van der Waals surface area contributed by atoms with Gasteiger partial charge in [-0.2, -0.15) is 5.10 Å². The minimum Gasteiger partial charge on any atom is -0.383 e. The number of nitrogens with zero attached hydrogens (tertiary/aromatic N) is 6. The van der Waals surface area contributed by atoms with Crippen molar-refractivity contribution < 1.29 is 19.5 Å². The Labute approximate surface area is 200 Å². The number of hydrogen-bond donors (Lipinski definition) is 2. The van der Waals surface area contributed by atoms with E-state index in [2.05, 4.69) is 25.3 Å². The lowest BCUT2D eigenvalue weighted by Gasteiger charge is -2.38. The SMILES string of the molecule is O=C1CCC(N2Cc3nc(C4(O)CCN(Cc5ccn6ncnc6c5)CC4)ccc3C2=O)C(=O)N1. The first-order valence-corrected chi connectivity index (χ1v) is 11.8. The lowest BCUT2D eigenvalue weighted by atomic mass is 9.87. The number of pyridine rings is 2. The van der Waals surface area contributed by atoms with Gasteiger partial charge in [-0.15, -0.1) is 0 Å². The minimum absolute atomic E-state index is 0.196. The van der Waals surface area contributed by atoms with Gasteiger partial charge in [0.15, 0.2) is 5.65 Å². The van der Waals surface area contributed by atoms with E-state index in [1.165, 1.54) is 11.2 Å². The Bertz CT molecular complexity index is 1340. The van der Waals surface area contributed by atoms with Crippen LogP contribution in [0.3, 0.4) is 0 Å². The molecule has 1 atom stereocenters. The maximum absolute atomic E-state index is 12.9. The summed E-state index contributed by atoms with van der Waals surface area (Å²) in [7, 11) is 0. The van der Waals surface area contributed by atoms with Crippen molar-refractivity contribution in [3.63, 3.8) is 0 Å². The highest BCUT2D eigenvalue weighted by Gasteiger charge is 2.41. The van der Waals surface area contributed by atoms with E-state index in [4.69, 9.17) is 0 Å². The predicted octanol–water partition coefficient (Wildman–Crippen LogP) is 0.369. The van der Waals surface area contributed by atoms with E-state index < -0.39 is 17.6 Å². The van der Waals surface area contributed by atoms with E-state index in [9.17, 15) is 19.5 Å². The van der Waals surface area contributed by atoms with Crippen molar-refractivity contribution in [2.45, 2.75) is 50.4 Å². The normalized spacial score (nSPS) is 22.5. The average molecular weight is 476 g/mol. The number of likely N-dealkylation sites (tertiary alicyclic amines) is 1. The summed E-state index contributed by atoms with van der Waals surface area (Å²) in [4.78, 5) is 49.3. The molecule has 3 aromatic rings. The molecule has 2 saturated heterocycles. The smallest absolute Gasteiger partial charge is 0.256 e. The third kappa shape index (κ3) is 3.86. The van der Waals surface area contributed by atoms with Crippen molar-refractivity contribution in [3.05, 3.63) is 59.3 Å². The number of amides is 3. The van der Waals surface area contributed by atoms with Gasteiger partial charge in [-0.05, 0) is 49.1 Å². The van der Waals surface area contributed by atoms with Gasteiger partial charge in [0.05, 0.1) is 23.5 Å². The summed E-state index contributed by atoms with van der Waals surface area (Å²) in [6, 6.07) is 6.78. The lowest BCUT2D eigenvalue weighted by Crippen LogP contribution is -2.52. The Balaban J connectivity index is 1.13. The first kappa shape index (κ1) is 21.8. The van der Waals surface area contributed by atoms with Crippen molar-refractivity contribution in [3.8, 4) is 0 Å². The van der Waals surface area contributed by atoms with Gasteiger partial charge in [-0.1, -0.05) is 0 Å². The number of nitrogens with one attached hydrogen (secondary N) is 1. The van der Waals surface area contributed by atoms with Gasteiger partial charge in [0.25, 0.3) is 5.91 Å². The molecule has 6 rings (SSSR count). The summed E-state index contributed by atoms with van der Waals surface area (Å²) < 4.78 is 1.73. The molecule has 6 heterocycles. The van der Waals surface area contributed by atoms with Crippen molar-refractivity contribution in [2.75, 3.05) is 13.1 Å². The summed E-state index contributed by atoms with van der Waals surface area (Å²) in [5.41, 5.74) is 2.43. The van der Waals surface area contributed by atoms with Gasteiger partial charge in [0, 0.05) is 32.3 Å². The van der Waals surface area contributed by atoms with Crippen LogP contribution < -0.4 is 5.32 Å². The molecule has 180 valence electrons. The molecule has 0 aliphatic carbocycles. The van der Waals surface area contributed by atoms with Crippen molar-refractivity contribution >= 4 is 23.4 Å². The number of rotatable bonds is 4. The fraction of sp³-hybridized carbons (Fsp3) is 0.417. The molecule has 0 bridgehead atoms. The van der Waals surface area contributed by atoms with Gasteiger partial charge in [-0.3, -0.25) is 29.6 Å². The highest BCUT2D eigenvalue weighted by molar-refractivity contribution is 6.05. The first-order chi connectivity index (χ1) is 16.9. The van der Waals surface area contributed by atoms with Crippen LogP contribution in [0.15, 0.2) is 36.8 Å². The molecular weight excluding hydrogens is 450 g/mol. The lowest BCUT2D eigenvalue weighted by molar-refractivity contribution is -0.136. The molecule has 35 heavy (non-hydrogen) atoms. The van der Waals surface area contributed by atoms with Gasteiger partial charge in [-0.25, -0.2) is 9.50 Å². The monoisotopic (exact) mass is 475 g/mol. The van der Waals surface area contributed by atoms with Gasteiger partial charge < -0.3 is 10.0 Å². The number of aromatic nitrogens is 4. The van der Waals surface area contributed by atoms with Crippen LogP contribution >= 0.6 is 0 Å². The molecule has 3 aromatic heterocycles. The molecule has 11 nitrogen and oxygen atoms in total. The highest BCUT2D eigenvalue weighted by atomic mass is 16.3. The van der Waals surface area contributed by atoms with Crippen LogP contribution in [0.25, 0.3) is 5.65 Å². The summed E-state index contributed by atoms with van der Waals surface area (Å²) in [6.45, 7) is 2.36. The van der Waals surface area contributed by atoms with Crippen molar-refractivity contribution in [2.24, 2.45) is 0 Å². The Morgan fingerprint density at radius 2 is 1.97 bits per heavy atom. The van der Waals surface area contributed by atoms with E-state index in [-0.39, 0.29) is 24.8 Å². The highest BCUT2D eigenvalue weighted by Crippen LogP contribution is 2.34. The second-order valence-electron chi connectivity index (χ2n) is 9.50. The predicted molar refractivity (Wildman–Crippen MR) is 122 cm³/mol. The second kappa shape index (κ2) is 8.21. The van der Waals surface area contributed by atoms with Crippen LogP contribution in [0.5, 0.6) is 0 Å². The van der Waals surface area contributed by atoms with E-state index in [0.717, 1.165) is 17.8 Å². The Kier molecular flexibility index (Phi) is 5.11. The largest absolute Gasteiger partial charge is 0.383 e. The standard InChI is InChI=1S/C24H25N7O4/c32-21-4-2-18(22(33)28-21)30-13-17-16(23(30)34)1-3-19(27-17)24(35)6-9-29(10-7-24)12-15-5-8-31-20(11-15)25-14-26-31/h1,3,5,8,11,14,18,35H,2,4,6-7,9-10,12-13H2,(H,28,32,33). The van der Waals surface area contributed by atoms with E-state index in [1.54, 1.807) is 16.6 Å². The van der Waals surface area contributed by atoms with E-state index >= 15 is 0 Å². The molecular formula is C24H25N7O4. The van der Waals surface area contributed by atoms with Crippen LogP contribution in [0.1, 0.15) is 53.0 Å². The summed E-state index contributed by atoms with van der Waals surface area (Å²) in [6.07, 6.45) is 4.99. The minimum atomic E-state index is -1.08. The summed E-state index contributed by atoms with van der Waals surface area (Å²) in [5.74, 6) is -1.03. The Hall–Kier alpha value is -3.70. The zero-order valence-electron chi connectivity index (χ0n) is 19.1.